The van der Waals surface area contributed by atoms with Crippen molar-refractivity contribution >= 4 is 34.4 Å². The third kappa shape index (κ3) is 4.18. The number of ether oxygens (including phenoxy) is 1. The van der Waals surface area contributed by atoms with Crippen LogP contribution in [0.25, 0.3) is 22.1 Å². The zero-order valence-corrected chi connectivity index (χ0v) is 17.8. The van der Waals surface area contributed by atoms with Crippen molar-refractivity contribution in [2.45, 2.75) is 13.0 Å². The minimum Gasteiger partial charge on any atom is -0.467 e. The number of aryl methyl sites for hydroxylation is 1. The van der Waals surface area contributed by atoms with Crippen LogP contribution in [0.1, 0.15) is 27.7 Å². The number of nitrogens with one attached hydrogen (secondary N) is 1. The van der Waals surface area contributed by atoms with E-state index in [0.29, 0.717) is 21.7 Å². The van der Waals surface area contributed by atoms with Crippen LogP contribution < -0.4 is 5.32 Å². The lowest BCUT2D eigenvalue weighted by molar-refractivity contribution is -0.143. The summed E-state index contributed by atoms with van der Waals surface area (Å²) >= 11 is 5.98. The van der Waals surface area contributed by atoms with Crippen molar-refractivity contribution in [2.24, 2.45) is 0 Å². The summed E-state index contributed by atoms with van der Waals surface area (Å²) in [6, 6.07) is 21.3. The van der Waals surface area contributed by atoms with Gasteiger partial charge in [-0.25, -0.2) is 4.79 Å². The van der Waals surface area contributed by atoms with Gasteiger partial charge in [0.1, 0.15) is 5.58 Å². The molecule has 0 radical (unpaired) electrons. The van der Waals surface area contributed by atoms with Gasteiger partial charge in [0.25, 0.3) is 5.91 Å². The van der Waals surface area contributed by atoms with Crippen LogP contribution in [-0.2, 0) is 9.53 Å². The number of carbonyl (C=O) groups excluding carboxylic acids is 2. The summed E-state index contributed by atoms with van der Waals surface area (Å²) in [5.41, 5.74) is 3.85. The molecule has 0 bridgehead atoms. The number of hydrogen-bond donors (Lipinski definition) is 1. The van der Waals surface area contributed by atoms with Crippen molar-refractivity contribution in [1.29, 1.82) is 0 Å². The molecule has 0 aliphatic carbocycles. The summed E-state index contributed by atoms with van der Waals surface area (Å²) < 4.78 is 10.8. The summed E-state index contributed by atoms with van der Waals surface area (Å²) in [4.78, 5) is 25.3. The van der Waals surface area contributed by atoms with Gasteiger partial charge in [-0.2, -0.15) is 0 Å². The molecule has 4 rings (SSSR count). The SMILES string of the molecule is COC(=O)C(NC(=O)c1oc2cc(-c3ccc(Cl)cc3)ccc2c1C)c1ccccc1. The van der Waals surface area contributed by atoms with E-state index in [0.717, 1.165) is 16.5 Å². The van der Waals surface area contributed by atoms with Gasteiger partial charge in [0.05, 0.1) is 7.11 Å². The van der Waals surface area contributed by atoms with Crippen LogP contribution in [0.5, 0.6) is 0 Å². The average molecular weight is 434 g/mol. The van der Waals surface area contributed by atoms with E-state index < -0.39 is 17.9 Å². The third-order valence-corrected chi connectivity index (χ3v) is 5.42. The maximum Gasteiger partial charge on any atom is 0.333 e. The molecule has 0 aliphatic rings. The van der Waals surface area contributed by atoms with E-state index in [1.165, 1.54) is 7.11 Å². The normalized spacial score (nSPS) is 11.8. The van der Waals surface area contributed by atoms with Crippen LogP contribution in [0.3, 0.4) is 0 Å². The van der Waals surface area contributed by atoms with Crippen LogP contribution in [0.4, 0.5) is 0 Å². The third-order valence-electron chi connectivity index (χ3n) is 5.17. The fraction of sp³-hybridized carbons (Fsp3) is 0.120. The smallest absolute Gasteiger partial charge is 0.333 e. The molecule has 1 N–H and O–H groups in total. The van der Waals surface area contributed by atoms with E-state index >= 15 is 0 Å². The Hall–Kier alpha value is -3.57. The molecular formula is C25H20ClNO4. The molecule has 3 aromatic carbocycles. The highest BCUT2D eigenvalue weighted by Gasteiger charge is 2.27. The lowest BCUT2D eigenvalue weighted by atomic mass is 10.0. The number of esters is 1. The molecule has 1 unspecified atom stereocenters. The second kappa shape index (κ2) is 8.66. The van der Waals surface area contributed by atoms with Gasteiger partial charge in [0.15, 0.2) is 11.8 Å². The average Bonchev–Trinajstić information content (AvgIpc) is 3.13. The number of carbonyl (C=O) groups is 2. The van der Waals surface area contributed by atoms with Gasteiger partial charge in [-0.05, 0) is 41.8 Å². The zero-order valence-electron chi connectivity index (χ0n) is 17.0. The Morgan fingerprint density at radius 1 is 0.968 bits per heavy atom. The minimum absolute atomic E-state index is 0.160. The van der Waals surface area contributed by atoms with Crippen LogP contribution in [0.2, 0.25) is 5.02 Å². The van der Waals surface area contributed by atoms with Crippen molar-refractivity contribution in [2.75, 3.05) is 7.11 Å². The minimum atomic E-state index is -0.934. The molecule has 1 aromatic heterocycles. The number of methoxy groups -OCH3 is 1. The Balaban J connectivity index is 1.66. The number of hydrogen-bond acceptors (Lipinski definition) is 4. The maximum atomic E-state index is 13.0. The monoisotopic (exact) mass is 433 g/mol. The van der Waals surface area contributed by atoms with Gasteiger partial charge in [-0.1, -0.05) is 66.2 Å². The van der Waals surface area contributed by atoms with Crippen molar-refractivity contribution in [3.63, 3.8) is 0 Å². The molecule has 0 saturated carbocycles. The van der Waals surface area contributed by atoms with Gasteiger partial charge in [0, 0.05) is 16.0 Å². The molecule has 5 nitrogen and oxygen atoms in total. The Morgan fingerprint density at radius 2 is 1.65 bits per heavy atom. The molecular weight excluding hydrogens is 414 g/mol. The van der Waals surface area contributed by atoms with E-state index in [4.69, 9.17) is 20.8 Å². The predicted molar refractivity (Wildman–Crippen MR) is 120 cm³/mol. The zero-order chi connectivity index (χ0) is 22.0. The number of amides is 1. The summed E-state index contributed by atoms with van der Waals surface area (Å²) in [5, 5.41) is 4.23. The van der Waals surface area contributed by atoms with Crippen molar-refractivity contribution in [1.82, 2.24) is 5.32 Å². The Bertz CT molecular complexity index is 1250. The number of benzene rings is 3. The van der Waals surface area contributed by atoms with Crippen molar-refractivity contribution in [3.8, 4) is 11.1 Å². The van der Waals surface area contributed by atoms with Crippen molar-refractivity contribution in [3.05, 3.63) is 94.7 Å². The van der Waals surface area contributed by atoms with Crippen LogP contribution in [-0.4, -0.2) is 19.0 Å². The van der Waals surface area contributed by atoms with Gasteiger partial charge in [-0.3, -0.25) is 4.79 Å². The fourth-order valence-corrected chi connectivity index (χ4v) is 3.63. The summed E-state index contributed by atoms with van der Waals surface area (Å²) in [6.07, 6.45) is 0. The highest BCUT2D eigenvalue weighted by molar-refractivity contribution is 6.30. The van der Waals surface area contributed by atoms with Crippen LogP contribution in [0.15, 0.2) is 77.2 Å². The first-order chi connectivity index (χ1) is 15.0. The second-order valence-corrected chi connectivity index (χ2v) is 7.55. The van der Waals surface area contributed by atoms with Gasteiger partial charge < -0.3 is 14.5 Å². The van der Waals surface area contributed by atoms with E-state index in [2.05, 4.69) is 5.32 Å². The first-order valence-corrected chi connectivity index (χ1v) is 10.1. The number of furan rings is 1. The quantitative estimate of drug-likeness (QED) is 0.409. The molecule has 0 saturated heterocycles. The molecule has 1 amide bonds. The van der Waals surface area contributed by atoms with Crippen LogP contribution >= 0.6 is 11.6 Å². The highest BCUT2D eigenvalue weighted by Crippen LogP contribution is 2.31. The molecule has 6 heteroatoms. The Labute approximate surface area is 184 Å². The predicted octanol–water partition coefficient (Wildman–Crippen LogP) is 5.71. The highest BCUT2D eigenvalue weighted by atomic mass is 35.5. The van der Waals surface area contributed by atoms with E-state index in [1.54, 1.807) is 24.3 Å². The van der Waals surface area contributed by atoms with Crippen LogP contribution in [0, 0.1) is 6.92 Å². The summed E-state index contributed by atoms with van der Waals surface area (Å²) in [5.74, 6) is -0.882. The van der Waals surface area contributed by atoms with Gasteiger partial charge in [-0.15, -0.1) is 0 Å². The molecule has 156 valence electrons. The number of fused-ring (bicyclic) bond motifs is 1. The molecule has 0 aliphatic heterocycles. The van der Waals surface area contributed by atoms with Gasteiger partial charge in [0.2, 0.25) is 0 Å². The standard InChI is InChI=1S/C25H20ClNO4/c1-15-20-13-10-18(16-8-11-19(26)12-9-16)14-21(20)31-23(15)24(28)27-22(25(29)30-2)17-6-4-3-5-7-17/h3-14,22H,1-2H3,(H,27,28). The molecule has 1 heterocycles. The lowest BCUT2D eigenvalue weighted by Gasteiger charge is -2.16. The Morgan fingerprint density at radius 3 is 2.32 bits per heavy atom. The number of halogens is 1. The lowest BCUT2D eigenvalue weighted by Crippen LogP contribution is -2.34. The topological polar surface area (TPSA) is 68.5 Å². The summed E-state index contributed by atoms with van der Waals surface area (Å²) in [6.45, 7) is 1.82. The number of rotatable bonds is 5. The second-order valence-electron chi connectivity index (χ2n) is 7.11. The maximum absolute atomic E-state index is 13.0. The fourth-order valence-electron chi connectivity index (χ4n) is 3.50. The molecule has 1 atom stereocenters. The van der Waals surface area contributed by atoms with Gasteiger partial charge >= 0.3 is 5.97 Å². The molecule has 4 aromatic rings. The molecule has 0 spiro atoms. The summed E-state index contributed by atoms with van der Waals surface area (Å²) in [7, 11) is 1.29. The Kier molecular flexibility index (Phi) is 5.78. The first kappa shape index (κ1) is 20.7. The molecule has 31 heavy (non-hydrogen) atoms. The first-order valence-electron chi connectivity index (χ1n) is 9.70. The molecule has 0 fully saturated rings. The van der Waals surface area contributed by atoms with E-state index in [-0.39, 0.29) is 5.76 Å². The van der Waals surface area contributed by atoms with E-state index in [1.807, 2.05) is 55.5 Å². The van der Waals surface area contributed by atoms with Crippen molar-refractivity contribution < 1.29 is 18.7 Å². The van der Waals surface area contributed by atoms with E-state index in [9.17, 15) is 9.59 Å². The largest absolute Gasteiger partial charge is 0.467 e.